The van der Waals surface area contributed by atoms with Gasteiger partial charge in [0, 0.05) is 67.8 Å². The highest BCUT2D eigenvalue weighted by Gasteiger charge is 2.27. The Kier molecular flexibility index (Phi) is 6.95. The topological polar surface area (TPSA) is 95.2 Å². The number of allylic oxidation sites excluding steroid dienone is 1. The Morgan fingerprint density at radius 2 is 1.82 bits per heavy atom. The summed E-state index contributed by atoms with van der Waals surface area (Å²) in [5.74, 6) is 0.530. The third-order valence-electron chi connectivity index (χ3n) is 7.81. The van der Waals surface area contributed by atoms with Gasteiger partial charge in [-0.1, -0.05) is 41.9 Å². The zero-order chi connectivity index (χ0) is 30.4. The van der Waals surface area contributed by atoms with Gasteiger partial charge in [0.05, 0.1) is 22.8 Å². The molecule has 0 spiro atoms. The molecule has 11 heteroatoms. The van der Waals surface area contributed by atoms with Crippen molar-refractivity contribution in [1.82, 2.24) is 24.6 Å². The van der Waals surface area contributed by atoms with E-state index in [-0.39, 0.29) is 16.7 Å². The molecule has 0 aliphatic carbocycles. The smallest absolute Gasteiger partial charge is 0.240 e. The fourth-order valence-electron chi connectivity index (χ4n) is 5.79. The molecule has 3 aromatic heterocycles. The van der Waals surface area contributed by atoms with Gasteiger partial charge in [0.15, 0.2) is 11.5 Å². The van der Waals surface area contributed by atoms with E-state index in [0.29, 0.717) is 57.6 Å². The predicted molar refractivity (Wildman–Crippen MR) is 169 cm³/mol. The van der Waals surface area contributed by atoms with Crippen molar-refractivity contribution in [3.63, 3.8) is 0 Å². The fourth-order valence-corrected chi connectivity index (χ4v) is 5.99. The third-order valence-corrected chi connectivity index (χ3v) is 8.16. The third kappa shape index (κ3) is 4.71. The number of piperazine rings is 1. The van der Waals surface area contributed by atoms with E-state index < -0.39 is 5.82 Å². The molecule has 0 radical (unpaired) electrons. The van der Waals surface area contributed by atoms with Gasteiger partial charge < -0.3 is 23.8 Å². The number of para-hydroxylation sites is 1. The number of hydrogen-bond acceptors (Lipinski definition) is 7. The highest BCUT2D eigenvalue weighted by atomic mass is 35.5. The molecule has 1 fully saturated rings. The molecule has 0 bridgehead atoms. The Labute approximate surface area is 257 Å². The second-order valence-corrected chi connectivity index (χ2v) is 11.0. The highest BCUT2D eigenvalue weighted by Crippen LogP contribution is 2.44. The molecular formula is C33H27ClFN7O2. The van der Waals surface area contributed by atoms with Crippen LogP contribution in [0.5, 0.6) is 23.1 Å². The number of nitriles is 1. The summed E-state index contributed by atoms with van der Waals surface area (Å²) in [5.41, 5.74) is 1.92. The van der Waals surface area contributed by atoms with E-state index >= 15 is 0 Å². The zero-order valence-electron chi connectivity index (χ0n) is 24.0. The Morgan fingerprint density at radius 3 is 2.61 bits per heavy atom. The maximum absolute atomic E-state index is 14.8. The lowest BCUT2D eigenvalue weighted by Gasteiger charge is -2.36. The molecule has 1 aliphatic rings. The fraction of sp³-hybridized carbons (Fsp3) is 0.182. The standard InChI is InChI=1S/C33H27ClFN7O2/c1-3-10-41-11-13-42(14-12-41)31-21-7-5-9-28(43-32-23-17-37-39-26(23)15-25(35)29(32)34)30(21)38-33(22(31)16-36)44-27-8-4-6-20-18-40(2)19-24(20)27/h3-10,15,17-19H,11-14H2,1-2H3,(H,37,39). The summed E-state index contributed by atoms with van der Waals surface area (Å²) < 4.78 is 29.6. The Balaban J connectivity index is 1.42. The molecule has 1 saturated heterocycles. The molecule has 1 N–H and O–H groups in total. The first-order valence-corrected chi connectivity index (χ1v) is 14.5. The van der Waals surface area contributed by atoms with E-state index in [0.717, 1.165) is 23.9 Å². The number of halogens is 2. The molecule has 0 saturated carbocycles. The van der Waals surface area contributed by atoms with Crippen LogP contribution in [-0.2, 0) is 7.05 Å². The number of H-pyrrole nitrogens is 1. The molecule has 9 nitrogen and oxygen atoms in total. The van der Waals surface area contributed by atoms with Crippen molar-refractivity contribution < 1.29 is 13.9 Å². The first-order valence-electron chi connectivity index (χ1n) is 14.1. The summed E-state index contributed by atoms with van der Waals surface area (Å²) in [6.45, 7) is 4.93. The molecule has 4 heterocycles. The van der Waals surface area contributed by atoms with Crippen LogP contribution in [-0.4, -0.2) is 50.8 Å². The maximum atomic E-state index is 14.8. The highest BCUT2D eigenvalue weighted by molar-refractivity contribution is 6.33. The number of benzene rings is 3. The molecule has 0 unspecified atom stereocenters. The van der Waals surface area contributed by atoms with Crippen LogP contribution in [0.4, 0.5) is 10.1 Å². The largest absolute Gasteiger partial charge is 0.453 e. The van der Waals surface area contributed by atoms with Crippen LogP contribution in [0.1, 0.15) is 12.5 Å². The van der Waals surface area contributed by atoms with Gasteiger partial charge in [0.25, 0.3) is 0 Å². The van der Waals surface area contributed by atoms with E-state index in [1.165, 1.54) is 12.3 Å². The number of hydrogen-bond donors (Lipinski definition) is 1. The lowest BCUT2D eigenvalue weighted by molar-refractivity contribution is 0.348. The van der Waals surface area contributed by atoms with Gasteiger partial charge in [-0.2, -0.15) is 10.4 Å². The van der Waals surface area contributed by atoms with Crippen molar-refractivity contribution in [1.29, 1.82) is 5.26 Å². The van der Waals surface area contributed by atoms with Crippen molar-refractivity contribution in [2.24, 2.45) is 7.05 Å². The summed E-state index contributed by atoms with van der Waals surface area (Å²) >= 11 is 6.42. The molecule has 3 aromatic carbocycles. The van der Waals surface area contributed by atoms with Crippen LogP contribution in [0.2, 0.25) is 5.02 Å². The van der Waals surface area contributed by atoms with Gasteiger partial charge >= 0.3 is 0 Å². The minimum Gasteiger partial charge on any atom is -0.453 e. The lowest BCUT2D eigenvalue weighted by Crippen LogP contribution is -2.44. The van der Waals surface area contributed by atoms with E-state index in [4.69, 9.17) is 26.1 Å². The van der Waals surface area contributed by atoms with Gasteiger partial charge in [-0.3, -0.25) is 5.10 Å². The average Bonchev–Trinajstić information content (AvgIpc) is 3.65. The van der Waals surface area contributed by atoms with Gasteiger partial charge in [0.2, 0.25) is 5.88 Å². The minimum absolute atomic E-state index is 0.118. The van der Waals surface area contributed by atoms with Crippen molar-refractivity contribution in [2.75, 3.05) is 31.1 Å². The van der Waals surface area contributed by atoms with E-state index in [1.54, 1.807) is 6.07 Å². The molecule has 1 aliphatic heterocycles. The van der Waals surface area contributed by atoms with Crippen molar-refractivity contribution in [2.45, 2.75) is 6.92 Å². The van der Waals surface area contributed by atoms with Crippen molar-refractivity contribution in [3.05, 3.63) is 89.7 Å². The second-order valence-electron chi connectivity index (χ2n) is 10.6. The average molecular weight is 608 g/mol. The van der Waals surface area contributed by atoms with Gasteiger partial charge in [0.1, 0.15) is 33.7 Å². The van der Waals surface area contributed by atoms with Gasteiger partial charge in [-0.05, 0) is 25.3 Å². The Bertz CT molecular complexity index is 2120. The number of nitrogens with zero attached hydrogens (tertiary/aromatic N) is 6. The van der Waals surface area contributed by atoms with Crippen molar-refractivity contribution in [3.8, 4) is 29.2 Å². The first-order chi connectivity index (χ1) is 21.4. The predicted octanol–water partition coefficient (Wildman–Crippen LogP) is 7.51. The van der Waals surface area contributed by atoms with Gasteiger partial charge in [-0.15, -0.1) is 0 Å². The molecule has 220 valence electrons. The number of anilines is 1. The Morgan fingerprint density at radius 1 is 1.02 bits per heavy atom. The summed E-state index contributed by atoms with van der Waals surface area (Å²) in [7, 11) is 1.95. The zero-order valence-corrected chi connectivity index (χ0v) is 24.8. The van der Waals surface area contributed by atoms with E-state index in [9.17, 15) is 9.65 Å². The second kappa shape index (κ2) is 11.1. The SMILES string of the molecule is CC=CN1CCN(c2c(C#N)c(Oc3cccc4cn(C)cc34)nc3c(Oc4c(Cl)c(F)cc5[nH]ncc45)cccc23)CC1. The molecule has 7 rings (SSSR count). The number of aryl methyl sites for hydroxylation is 1. The number of nitrogens with one attached hydrogen (secondary N) is 1. The summed E-state index contributed by atoms with van der Waals surface area (Å²) in [5, 5.41) is 20.3. The molecule has 0 atom stereocenters. The van der Waals surface area contributed by atoms with E-state index in [2.05, 4.69) is 32.3 Å². The first kappa shape index (κ1) is 27.6. The van der Waals surface area contributed by atoms with Crippen LogP contribution in [0.25, 0.3) is 32.6 Å². The van der Waals surface area contributed by atoms with Crippen LogP contribution in [0.3, 0.4) is 0 Å². The quantitative estimate of drug-likeness (QED) is 0.209. The number of aromatic amines is 1. The summed E-state index contributed by atoms with van der Waals surface area (Å²) in [6.07, 6.45) is 9.60. The number of fused-ring (bicyclic) bond motifs is 3. The monoisotopic (exact) mass is 607 g/mol. The number of ether oxygens (including phenoxy) is 2. The van der Waals surface area contributed by atoms with Crippen LogP contribution in [0.15, 0.2) is 73.3 Å². The number of rotatable bonds is 6. The normalized spacial score (nSPS) is 13.8. The molecular weight excluding hydrogens is 581 g/mol. The van der Waals surface area contributed by atoms with E-state index in [1.807, 2.05) is 67.3 Å². The minimum atomic E-state index is -0.641. The van der Waals surface area contributed by atoms with Crippen LogP contribution in [0, 0.1) is 17.1 Å². The number of pyridine rings is 1. The van der Waals surface area contributed by atoms with Crippen LogP contribution >= 0.6 is 11.6 Å². The lowest BCUT2D eigenvalue weighted by atomic mass is 10.1. The Hall–Kier alpha value is -5.27. The summed E-state index contributed by atoms with van der Waals surface area (Å²) in [4.78, 5) is 9.32. The van der Waals surface area contributed by atoms with Gasteiger partial charge in [-0.25, -0.2) is 9.37 Å². The summed E-state index contributed by atoms with van der Waals surface area (Å²) in [6, 6.07) is 14.9. The van der Waals surface area contributed by atoms with Crippen LogP contribution < -0.4 is 14.4 Å². The molecule has 44 heavy (non-hydrogen) atoms. The maximum Gasteiger partial charge on any atom is 0.240 e. The molecule has 6 aromatic rings. The van der Waals surface area contributed by atoms with Crippen molar-refractivity contribution >= 4 is 49.9 Å². The molecule has 0 amide bonds. The number of aromatic nitrogens is 4.